The molecule has 3 rings (SSSR count). The summed E-state index contributed by atoms with van der Waals surface area (Å²) >= 11 is 0. The number of fused-ring (bicyclic) bond motifs is 1. The van der Waals surface area contributed by atoms with E-state index in [-0.39, 0.29) is 24.5 Å². The first kappa shape index (κ1) is 24.1. The Kier molecular flexibility index (Phi) is 7.28. The Morgan fingerprint density at radius 3 is 2.52 bits per heavy atom. The molecule has 0 bridgehead atoms. The Balaban J connectivity index is 1.77. The van der Waals surface area contributed by atoms with Gasteiger partial charge in [-0.05, 0) is 43.5 Å². The molecule has 0 saturated carbocycles. The number of ether oxygens (including phenoxy) is 1. The van der Waals surface area contributed by atoms with Crippen LogP contribution in [-0.4, -0.2) is 50.7 Å². The van der Waals surface area contributed by atoms with Gasteiger partial charge in [-0.2, -0.15) is 23.4 Å². The minimum absolute atomic E-state index is 0.130. The molecule has 0 fully saturated rings. The van der Waals surface area contributed by atoms with Crippen molar-refractivity contribution in [1.82, 2.24) is 24.5 Å². The lowest BCUT2D eigenvalue weighted by Crippen LogP contribution is -2.33. The summed E-state index contributed by atoms with van der Waals surface area (Å²) in [5, 5.41) is 12.5. The van der Waals surface area contributed by atoms with Crippen molar-refractivity contribution in [3.8, 4) is 6.07 Å². The average molecular weight is 460 g/mol. The fraction of sp³-hybridized carbons (Fsp3) is 0.409. The summed E-state index contributed by atoms with van der Waals surface area (Å²) in [6.07, 6.45) is -4.25. The van der Waals surface area contributed by atoms with Crippen molar-refractivity contribution in [3.05, 3.63) is 58.2 Å². The van der Waals surface area contributed by atoms with E-state index in [0.29, 0.717) is 42.2 Å². The highest BCUT2D eigenvalue weighted by atomic mass is 19.4. The highest BCUT2D eigenvalue weighted by Crippen LogP contribution is 2.27. The number of carbonyl (C=O) groups excluding carboxylic acids is 1. The number of rotatable bonds is 8. The quantitative estimate of drug-likeness (QED) is 0.512. The average Bonchev–Trinajstić information content (AvgIpc) is 3.21. The lowest BCUT2D eigenvalue weighted by atomic mass is 10.1. The van der Waals surface area contributed by atoms with Crippen LogP contribution >= 0.6 is 0 Å². The largest absolute Gasteiger partial charge is 0.453 e. The van der Waals surface area contributed by atoms with E-state index in [1.807, 2.05) is 0 Å². The van der Waals surface area contributed by atoms with Crippen LogP contribution in [0, 0.1) is 25.2 Å². The van der Waals surface area contributed by atoms with Gasteiger partial charge in [-0.3, -0.25) is 4.79 Å². The van der Waals surface area contributed by atoms with Crippen LogP contribution in [0.15, 0.2) is 24.3 Å². The minimum atomic E-state index is -4.67. The molecule has 174 valence electrons. The molecule has 0 spiro atoms. The number of aryl methyl sites for hydroxylation is 2. The molecular formula is C22H23F3N6O2. The highest BCUT2D eigenvalue weighted by molar-refractivity contribution is 5.76. The van der Waals surface area contributed by atoms with Gasteiger partial charge in [-0.15, -0.1) is 5.10 Å². The summed E-state index contributed by atoms with van der Waals surface area (Å²) in [7, 11) is 1.55. The summed E-state index contributed by atoms with van der Waals surface area (Å²) in [6, 6.07) is 9.02. The maximum Gasteiger partial charge on any atom is 0.453 e. The number of nitriles is 1. The second kappa shape index (κ2) is 9.95. The molecule has 0 N–H and O–H groups in total. The number of amides is 1. The lowest BCUT2D eigenvalue weighted by Gasteiger charge is -2.23. The van der Waals surface area contributed by atoms with Crippen molar-refractivity contribution in [2.24, 2.45) is 0 Å². The van der Waals surface area contributed by atoms with Crippen molar-refractivity contribution < 1.29 is 22.7 Å². The molecular weight excluding hydrogens is 437 g/mol. The Morgan fingerprint density at radius 2 is 1.91 bits per heavy atom. The summed E-state index contributed by atoms with van der Waals surface area (Å²) in [5.41, 5.74) is 3.02. The van der Waals surface area contributed by atoms with Crippen molar-refractivity contribution in [2.45, 2.75) is 39.4 Å². The lowest BCUT2D eigenvalue weighted by molar-refractivity contribution is -0.144. The number of benzene rings is 1. The maximum absolute atomic E-state index is 13.0. The van der Waals surface area contributed by atoms with Gasteiger partial charge in [0.2, 0.25) is 5.91 Å². The van der Waals surface area contributed by atoms with E-state index < -0.39 is 12.0 Å². The molecule has 0 aliphatic heterocycles. The van der Waals surface area contributed by atoms with Crippen LogP contribution in [0.5, 0.6) is 0 Å². The van der Waals surface area contributed by atoms with E-state index in [1.165, 1.54) is 0 Å². The predicted molar refractivity (Wildman–Crippen MR) is 112 cm³/mol. The van der Waals surface area contributed by atoms with Gasteiger partial charge in [0.1, 0.15) is 0 Å². The van der Waals surface area contributed by atoms with Gasteiger partial charge in [0.05, 0.1) is 18.2 Å². The Bertz CT molecular complexity index is 1180. The van der Waals surface area contributed by atoms with Crippen LogP contribution in [0.25, 0.3) is 5.78 Å². The summed E-state index contributed by atoms with van der Waals surface area (Å²) in [6.45, 7) is 4.39. The molecule has 1 aromatic carbocycles. The van der Waals surface area contributed by atoms with E-state index in [2.05, 4.69) is 21.1 Å². The van der Waals surface area contributed by atoms with E-state index in [1.54, 1.807) is 50.1 Å². The molecule has 0 saturated heterocycles. The number of halogens is 3. The zero-order valence-corrected chi connectivity index (χ0v) is 18.5. The topological polar surface area (TPSA) is 96.4 Å². The molecule has 33 heavy (non-hydrogen) atoms. The molecule has 0 radical (unpaired) electrons. The van der Waals surface area contributed by atoms with E-state index >= 15 is 0 Å². The van der Waals surface area contributed by atoms with Crippen molar-refractivity contribution >= 4 is 11.7 Å². The van der Waals surface area contributed by atoms with Crippen LogP contribution in [0.2, 0.25) is 0 Å². The van der Waals surface area contributed by atoms with Gasteiger partial charge in [0, 0.05) is 38.0 Å². The minimum Gasteiger partial charge on any atom is -0.383 e. The molecule has 8 nitrogen and oxygen atoms in total. The zero-order chi connectivity index (χ0) is 24.2. The number of aromatic nitrogens is 4. The van der Waals surface area contributed by atoms with Gasteiger partial charge in [0.15, 0.2) is 0 Å². The molecule has 11 heteroatoms. The maximum atomic E-state index is 13.0. The number of nitrogens with zero attached hydrogens (tertiary/aromatic N) is 6. The molecule has 0 atom stereocenters. The fourth-order valence-corrected chi connectivity index (χ4v) is 3.48. The normalized spacial score (nSPS) is 11.5. The molecule has 0 aliphatic carbocycles. The molecule has 2 aromatic heterocycles. The van der Waals surface area contributed by atoms with Crippen LogP contribution in [0.3, 0.4) is 0 Å². The van der Waals surface area contributed by atoms with Gasteiger partial charge in [0.25, 0.3) is 11.6 Å². The molecule has 1 amide bonds. The van der Waals surface area contributed by atoms with Crippen molar-refractivity contribution in [1.29, 1.82) is 5.26 Å². The number of carbonyl (C=O) groups is 1. The highest BCUT2D eigenvalue weighted by Gasteiger charge is 2.37. The SMILES string of the molecule is COCCN(Cc1ccc(C#N)cc1)C(=O)CCc1c(C)nc2nc(C(F)(F)F)nn2c1C. The number of alkyl halides is 3. The Hall–Kier alpha value is -3.52. The van der Waals surface area contributed by atoms with Crippen molar-refractivity contribution in [2.75, 3.05) is 20.3 Å². The third-order valence-electron chi connectivity index (χ3n) is 5.27. The van der Waals surface area contributed by atoms with Crippen LogP contribution in [0.1, 0.15) is 40.3 Å². The Labute approximate surface area is 188 Å². The van der Waals surface area contributed by atoms with Crippen LogP contribution in [-0.2, 0) is 28.7 Å². The van der Waals surface area contributed by atoms with Gasteiger partial charge in [-0.25, -0.2) is 9.50 Å². The van der Waals surface area contributed by atoms with Crippen LogP contribution < -0.4 is 0 Å². The van der Waals surface area contributed by atoms with E-state index in [9.17, 15) is 18.0 Å². The smallest absolute Gasteiger partial charge is 0.383 e. The number of methoxy groups -OCH3 is 1. The number of hydrogen-bond donors (Lipinski definition) is 0. The van der Waals surface area contributed by atoms with Gasteiger partial charge >= 0.3 is 6.18 Å². The first-order valence-corrected chi connectivity index (χ1v) is 10.2. The third kappa shape index (κ3) is 5.64. The Morgan fingerprint density at radius 1 is 1.21 bits per heavy atom. The van der Waals surface area contributed by atoms with E-state index in [0.717, 1.165) is 10.1 Å². The first-order chi connectivity index (χ1) is 15.6. The standard InChI is InChI=1S/C22H23F3N6O2/c1-14-18(15(2)31-21(27-14)28-20(29-31)22(23,24)25)8-9-19(32)30(10-11-33-3)13-17-6-4-16(12-26)5-7-17/h4-7H,8-11,13H2,1-3H3. The summed E-state index contributed by atoms with van der Waals surface area (Å²) in [5.74, 6) is -1.52. The molecule has 2 heterocycles. The summed E-state index contributed by atoms with van der Waals surface area (Å²) < 4.78 is 45.1. The van der Waals surface area contributed by atoms with E-state index in [4.69, 9.17) is 10.00 Å². The molecule has 3 aromatic rings. The second-order valence-corrected chi connectivity index (χ2v) is 7.52. The third-order valence-corrected chi connectivity index (χ3v) is 5.27. The predicted octanol–water partition coefficient (Wildman–Crippen LogP) is 3.24. The number of hydrogen-bond acceptors (Lipinski definition) is 6. The molecule has 0 aliphatic rings. The first-order valence-electron chi connectivity index (χ1n) is 10.2. The van der Waals surface area contributed by atoms with Crippen molar-refractivity contribution in [3.63, 3.8) is 0 Å². The monoisotopic (exact) mass is 460 g/mol. The van der Waals surface area contributed by atoms with Gasteiger partial charge in [-0.1, -0.05) is 12.1 Å². The summed E-state index contributed by atoms with van der Waals surface area (Å²) in [4.78, 5) is 22.3. The second-order valence-electron chi connectivity index (χ2n) is 7.52. The zero-order valence-electron chi connectivity index (χ0n) is 18.5. The van der Waals surface area contributed by atoms with Gasteiger partial charge < -0.3 is 9.64 Å². The molecule has 0 unspecified atom stereocenters. The fourth-order valence-electron chi connectivity index (χ4n) is 3.48. The van der Waals surface area contributed by atoms with Crippen LogP contribution in [0.4, 0.5) is 13.2 Å².